The first-order valence-electron chi connectivity index (χ1n) is 3.22. The summed E-state index contributed by atoms with van der Waals surface area (Å²) < 4.78 is 0. The molecule has 0 spiro atoms. The fourth-order valence-electron chi connectivity index (χ4n) is 0.468. The van der Waals surface area contributed by atoms with Gasteiger partial charge in [0.15, 0.2) is 0 Å². The van der Waals surface area contributed by atoms with Crippen LogP contribution in [0.2, 0.25) is 0 Å². The maximum atomic E-state index is 3.69. The summed E-state index contributed by atoms with van der Waals surface area (Å²) in [6.45, 7) is 7.85. The van der Waals surface area contributed by atoms with Gasteiger partial charge in [-0.2, -0.15) is 0 Å². The molecule has 1 heteroatoms. The SMILES string of the molecule is C=C/C(=C\C=C(C)C)SC. The quantitative estimate of drug-likeness (QED) is 0.561. The van der Waals surface area contributed by atoms with Crippen molar-refractivity contribution in [2.24, 2.45) is 0 Å². The molecule has 0 saturated carbocycles. The lowest BCUT2D eigenvalue weighted by Crippen LogP contribution is -1.66. The molecule has 10 heavy (non-hydrogen) atoms. The van der Waals surface area contributed by atoms with Crippen LogP contribution in [0.3, 0.4) is 0 Å². The van der Waals surface area contributed by atoms with Gasteiger partial charge in [-0.3, -0.25) is 0 Å². The summed E-state index contributed by atoms with van der Waals surface area (Å²) in [7, 11) is 0. The van der Waals surface area contributed by atoms with Gasteiger partial charge in [-0.05, 0) is 26.2 Å². The molecule has 0 atom stereocenters. The predicted octanol–water partition coefficient (Wildman–Crippen LogP) is 3.39. The van der Waals surface area contributed by atoms with E-state index in [4.69, 9.17) is 0 Å². The van der Waals surface area contributed by atoms with Gasteiger partial charge < -0.3 is 0 Å². The maximum Gasteiger partial charge on any atom is 0.00632 e. The normalized spacial score (nSPS) is 10.9. The third-order valence-electron chi connectivity index (χ3n) is 1.02. The molecular formula is C9H14S. The zero-order chi connectivity index (χ0) is 7.98. The van der Waals surface area contributed by atoms with Crippen molar-refractivity contribution in [1.82, 2.24) is 0 Å². The van der Waals surface area contributed by atoms with Gasteiger partial charge in [0.25, 0.3) is 0 Å². The molecule has 0 bridgehead atoms. The molecule has 0 saturated heterocycles. The van der Waals surface area contributed by atoms with Crippen LogP contribution in [0.4, 0.5) is 0 Å². The molecule has 0 nitrogen and oxygen atoms in total. The second kappa shape index (κ2) is 5.36. The van der Waals surface area contributed by atoms with E-state index in [2.05, 4.69) is 32.6 Å². The van der Waals surface area contributed by atoms with E-state index in [0.717, 1.165) is 0 Å². The molecule has 0 aromatic heterocycles. The molecule has 0 aliphatic heterocycles. The summed E-state index contributed by atoms with van der Waals surface area (Å²) in [5.74, 6) is 0. The zero-order valence-electron chi connectivity index (χ0n) is 6.85. The lowest BCUT2D eigenvalue weighted by atomic mass is 10.3. The molecule has 0 radical (unpaired) electrons. The molecule has 0 aliphatic rings. The Morgan fingerprint density at radius 2 is 1.90 bits per heavy atom. The Balaban J connectivity index is 4.12. The minimum absolute atomic E-state index is 1.21. The summed E-state index contributed by atoms with van der Waals surface area (Å²) in [5.41, 5.74) is 1.31. The van der Waals surface area contributed by atoms with E-state index in [1.165, 1.54) is 10.5 Å². The Hall–Kier alpha value is -0.430. The number of allylic oxidation sites excluding steroid dienone is 4. The van der Waals surface area contributed by atoms with Crippen LogP contribution in [-0.2, 0) is 0 Å². The van der Waals surface area contributed by atoms with Crippen LogP contribution < -0.4 is 0 Å². The van der Waals surface area contributed by atoms with Gasteiger partial charge in [0.2, 0.25) is 0 Å². The van der Waals surface area contributed by atoms with Crippen LogP contribution in [0.25, 0.3) is 0 Å². The third-order valence-corrected chi connectivity index (χ3v) is 1.79. The van der Waals surface area contributed by atoms with Crippen molar-refractivity contribution in [2.45, 2.75) is 13.8 Å². The van der Waals surface area contributed by atoms with Crippen molar-refractivity contribution in [3.63, 3.8) is 0 Å². The highest BCUT2D eigenvalue weighted by atomic mass is 32.2. The second-order valence-corrected chi connectivity index (χ2v) is 3.10. The molecule has 0 rings (SSSR count). The van der Waals surface area contributed by atoms with Crippen molar-refractivity contribution in [3.8, 4) is 0 Å². The van der Waals surface area contributed by atoms with Gasteiger partial charge in [0.1, 0.15) is 0 Å². The van der Waals surface area contributed by atoms with E-state index in [1.54, 1.807) is 11.8 Å². The van der Waals surface area contributed by atoms with Gasteiger partial charge in [-0.25, -0.2) is 0 Å². The largest absolute Gasteiger partial charge is 0.130 e. The van der Waals surface area contributed by atoms with E-state index in [1.807, 2.05) is 12.3 Å². The molecule has 0 aromatic carbocycles. The maximum absolute atomic E-state index is 3.69. The minimum atomic E-state index is 1.21. The molecule has 0 amide bonds. The lowest BCUT2D eigenvalue weighted by Gasteiger charge is -1.91. The molecule has 56 valence electrons. The molecule has 0 fully saturated rings. The molecule has 0 aromatic rings. The van der Waals surface area contributed by atoms with Crippen molar-refractivity contribution in [1.29, 1.82) is 0 Å². The summed E-state index contributed by atoms with van der Waals surface area (Å²) in [4.78, 5) is 1.21. The van der Waals surface area contributed by atoms with Gasteiger partial charge in [0.05, 0.1) is 0 Å². The van der Waals surface area contributed by atoms with Crippen LogP contribution in [0.1, 0.15) is 13.8 Å². The van der Waals surface area contributed by atoms with E-state index in [0.29, 0.717) is 0 Å². The minimum Gasteiger partial charge on any atom is -0.130 e. The van der Waals surface area contributed by atoms with Crippen molar-refractivity contribution < 1.29 is 0 Å². The second-order valence-electron chi connectivity index (χ2n) is 2.22. The Bertz CT molecular complexity index is 160. The first kappa shape index (κ1) is 9.57. The standard InChI is InChI=1S/C9H14S/c1-5-9(10-4)7-6-8(2)3/h5-7H,1H2,2-4H3/b9-7+. The van der Waals surface area contributed by atoms with Gasteiger partial charge >= 0.3 is 0 Å². The fraction of sp³-hybridized carbons (Fsp3) is 0.333. The average Bonchev–Trinajstić information content (AvgIpc) is 1.90. The van der Waals surface area contributed by atoms with Crippen LogP contribution >= 0.6 is 11.8 Å². The predicted molar refractivity (Wildman–Crippen MR) is 51.2 cm³/mol. The van der Waals surface area contributed by atoms with E-state index >= 15 is 0 Å². The van der Waals surface area contributed by atoms with Crippen LogP contribution in [0.5, 0.6) is 0 Å². The van der Waals surface area contributed by atoms with E-state index < -0.39 is 0 Å². The Morgan fingerprint density at radius 3 is 2.20 bits per heavy atom. The van der Waals surface area contributed by atoms with Gasteiger partial charge in [0, 0.05) is 4.91 Å². The Morgan fingerprint density at radius 1 is 1.30 bits per heavy atom. The number of hydrogen-bond donors (Lipinski definition) is 0. The molecular weight excluding hydrogens is 140 g/mol. The van der Waals surface area contributed by atoms with E-state index in [9.17, 15) is 0 Å². The van der Waals surface area contributed by atoms with Gasteiger partial charge in [-0.15, -0.1) is 11.8 Å². The van der Waals surface area contributed by atoms with Crippen LogP contribution in [-0.4, -0.2) is 6.26 Å². The van der Waals surface area contributed by atoms with E-state index in [-0.39, 0.29) is 0 Å². The highest BCUT2D eigenvalue weighted by Gasteiger charge is 1.82. The van der Waals surface area contributed by atoms with Crippen molar-refractivity contribution in [3.05, 3.63) is 35.3 Å². The van der Waals surface area contributed by atoms with Crippen molar-refractivity contribution in [2.75, 3.05) is 6.26 Å². The first-order valence-corrected chi connectivity index (χ1v) is 4.44. The Labute approximate surface area is 67.7 Å². The third kappa shape index (κ3) is 4.45. The smallest absolute Gasteiger partial charge is 0.00632 e. The average molecular weight is 154 g/mol. The highest BCUT2D eigenvalue weighted by molar-refractivity contribution is 8.02. The summed E-state index contributed by atoms with van der Waals surface area (Å²) >= 11 is 1.71. The summed E-state index contributed by atoms with van der Waals surface area (Å²) in [6.07, 6.45) is 8.08. The number of rotatable bonds is 3. The first-order chi connectivity index (χ1) is 4.70. The van der Waals surface area contributed by atoms with Crippen LogP contribution in [0.15, 0.2) is 35.3 Å². The zero-order valence-corrected chi connectivity index (χ0v) is 7.66. The van der Waals surface area contributed by atoms with Crippen molar-refractivity contribution >= 4 is 11.8 Å². The Kier molecular flexibility index (Phi) is 5.13. The lowest BCUT2D eigenvalue weighted by molar-refractivity contribution is 1.39. The molecule has 0 heterocycles. The highest BCUT2D eigenvalue weighted by Crippen LogP contribution is 2.12. The van der Waals surface area contributed by atoms with Gasteiger partial charge in [-0.1, -0.05) is 24.3 Å². The number of thioether (sulfide) groups is 1. The molecule has 0 aliphatic carbocycles. The molecule has 0 unspecified atom stereocenters. The van der Waals surface area contributed by atoms with Crippen LogP contribution in [0, 0.1) is 0 Å². The number of hydrogen-bond acceptors (Lipinski definition) is 1. The monoisotopic (exact) mass is 154 g/mol. The molecule has 0 N–H and O–H groups in total. The fourth-order valence-corrected chi connectivity index (χ4v) is 0.839. The summed E-state index contributed by atoms with van der Waals surface area (Å²) in [6, 6.07) is 0. The summed E-state index contributed by atoms with van der Waals surface area (Å²) in [5, 5.41) is 0. The topological polar surface area (TPSA) is 0 Å².